The molecule has 0 aliphatic carbocycles. The Bertz CT molecular complexity index is 879. The van der Waals surface area contributed by atoms with E-state index in [1.54, 1.807) is 24.0 Å². The fourth-order valence-electron chi connectivity index (χ4n) is 3.29. The summed E-state index contributed by atoms with van der Waals surface area (Å²) in [6, 6.07) is 4.06. The van der Waals surface area contributed by atoms with E-state index in [2.05, 4.69) is 54.2 Å². The Morgan fingerprint density at radius 1 is 1.22 bits per heavy atom. The van der Waals surface area contributed by atoms with Gasteiger partial charge in [0, 0.05) is 38.8 Å². The monoisotopic (exact) mass is 369 g/mol. The Hall–Kier alpha value is -2.85. The fraction of sp³-hybridized carbons (Fsp3) is 0.471. The van der Waals surface area contributed by atoms with Gasteiger partial charge in [0.25, 0.3) is 5.78 Å². The molecular formula is C17H23N9O. The van der Waals surface area contributed by atoms with Crippen molar-refractivity contribution in [1.82, 2.24) is 34.4 Å². The summed E-state index contributed by atoms with van der Waals surface area (Å²) in [6.07, 6.45) is 5.42. The largest absolute Gasteiger partial charge is 0.378 e. The van der Waals surface area contributed by atoms with Crippen LogP contribution in [0.3, 0.4) is 0 Å². The van der Waals surface area contributed by atoms with Gasteiger partial charge in [-0.1, -0.05) is 0 Å². The fourth-order valence-corrected chi connectivity index (χ4v) is 3.29. The van der Waals surface area contributed by atoms with Crippen LogP contribution in [0.1, 0.15) is 5.82 Å². The number of hydrogen-bond donors (Lipinski definition) is 1. The topological polar surface area (TPSA) is 96.6 Å². The number of methoxy groups -OCH3 is 1. The molecule has 1 saturated heterocycles. The molecule has 10 nitrogen and oxygen atoms in total. The molecule has 0 radical (unpaired) electrons. The van der Waals surface area contributed by atoms with Gasteiger partial charge >= 0.3 is 0 Å². The summed E-state index contributed by atoms with van der Waals surface area (Å²) in [5, 5.41) is 7.56. The SMILES string of the molecule is CO[C@@H]1CN(c2ccnc(NCc3nc4ncccn4n3)n2)C[C@@H]1N(C)C. The van der Waals surface area contributed by atoms with E-state index < -0.39 is 0 Å². The zero-order valence-corrected chi connectivity index (χ0v) is 15.6. The minimum atomic E-state index is 0.154. The van der Waals surface area contributed by atoms with Crippen LogP contribution in [-0.4, -0.2) is 80.9 Å². The van der Waals surface area contributed by atoms with E-state index in [1.807, 2.05) is 18.3 Å². The van der Waals surface area contributed by atoms with Gasteiger partial charge in [-0.2, -0.15) is 9.97 Å². The van der Waals surface area contributed by atoms with Crippen molar-refractivity contribution >= 4 is 17.5 Å². The Kier molecular flexibility index (Phi) is 4.82. The molecule has 3 aromatic heterocycles. The van der Waals surface area contributed by atoms with Crippen LogP contribution >= 0.6 is 0 Å². The lowest BCUT2D eigenvalue weighted by Gasteiger charge is -2.23. The summed E-state index contributed by atoms with van der Waals surface area (Å²) in [5.41, 5.74) is 0. The highest BCUT2D eigenvalue weighted by Gasteiger charge is 2.35. The minimum Gasteiger partial charge on any atom is -0.378 e. The van der Waals surface area contributed by atoms with E-state index in [0.717, 1.165) is 18.9 Å². The van der Waals surface area contributed by atoms with Crippen molar-refractivity contribution in [3.63, 3.8) is 0 Å². The number of rotatable bonds is 6. The molecular weight excluding hydrogens is 346 g/mol. The van der Waals surface area contributed by atoms with Gasteiger partial charge in [0.15, 0.2) is 5.82 Å². The average molecular weight is 369 g/mol. The van der Waals surface area contributed by atoms with Gasteiger partial charge in [0.2, 0.25) is 5.95 Å². The first-order valence-corrected chi connectivity index (χ1v) is 8.81. The van der Waals surface area contributed by atoms with Crippen LogP contribution in [0.5, 0.6) is 0 Å². The van der Waals surface area contributed by atoms with E-state index >= 15 is 0 Å². The second kappa shape index (κ2) is 7.41. The molecule has 4 rings (SSSR count). The molecule has 0 spiro atoms. The van der Waals surface area contributed by atoms with Crippen LogP contribution in [0.15, 0.2) is 30.7 Å². The predicted octanol–water partition coefficient (Wildman–Crippen LogP) is 0.292. The molecule has 1 fully saturated rings. The smallest absolute Gasteiger partial charge is 0.252 e. The zero-order valence-electron chi connectivity index (χ0n) is 15.6. The molecule has 1 aliphatic rings. The van der Waals surface area contributed by atoms with Crippen molar-refractivity contribution in [1.29, 1.82) is 0 Å². The number of fused-ring (bicyclic) bond motifs is 1. The summed E-state index contributed by atoms with van der Waals surface area (Å²) in [5.74, 6) is 2.63. The third kappa shape index (κ3) is 3.67. The van der Waals surface area contributed by atoms with Crippen molar-refractivity contribution in [3.05, 3.63) is 36.5 Å². The highest BCUT2D eigenvalue weighted by molar-refractivity contribution is 5.44. The molecule has 0 aromatic carbocycles. The highest BCUT2D eigenvalue weighted by Crippen LogP contribution is 2.23. The van der Waals surface area contributed by atoms with Crippen LogP contribution in [0, 0.1) is 0 Å². The maximum absolute atomic E-state index is 5.63. The first kappa shape index (κ1) is 17.6. The Morgan fingerprint density at radius 3 is 2.85 bits per heavy atom. The minimum absolute atomic E-state index is 0.154. The van der Waals surface area contributed by atoms with Gasteiger partial charge in [-0.3, -0.25) is 0 Å². The molecule has 27 heavy (non-hydrogen) atoms. The van der Waals surface area contributed by atoms with E-state index in [-0.39, 0.29) is 6.10 Å². The molecule has 3 aromatic rings. The van der Waals surface area contributed by atoms with Gasteiger partial charge in [-0.05, 0) is 26.2 Å². The highest BCUT2D eigenvalue weighted by atomic mass is 16.5. The first-order chi connectivity index (χ1) is 13.1. The van der Waals surface area contributed by atoms with E-state index in [4.69, 9.17) is 4.74 Å². The van der Waals surface area contributed by atoms with Gasteiger partial charge in [-0.25, -0.2) is 14.5 Å². The van der Waals surface area contributed by atoms with Crippen molar-refractivity contribution in [2.75, 3.05) is 44.5 Å². The molecule has 1 aliphatic heterocycles. The van der Waals surface area contributed by atoms with Gasteiger partial charge < -0.3 is 19.9 Å². The van der Waals surface area contributed by atoms with Crippen LogP contribution in [0.4, 0.5) is 11.8 Å². The average Bonchev–Trinajstić information content (AvgIpc) is 3.30. The van der Waals surface area contributed by atoms with Gasteiger partial charge in [0.05, 0.1) is 18.7 Å². The van der Waals surface area contributed by atoms with Gasteiger partial charge in [0.1, 0.15) is 5.82 Å². The number of anilines is 2. The number of hydrogen-bond acceptors (Lipinski definition) is 9. The number of nitrogens with one attached hydrogen (secondary N) is 1. The molecule has 4 heterocycles. The Morgan fingerprint density at radius 2 is 2.11 bits per heavy atom. The first-order valence-electron chi connectivity index (χ1n) is 8.81. The molecule has 0 saturated carbocycles. The van der Waals surface area contributed by atoms with E-state index in [0.29, 0.717) is 30.1 Å². The van der Waals surface area contributed by atoms with Crippen molar-refractivity contribution in [2.24, 2.45) is 0 Å². The second-order valence-corrected chi connectivity index (χ2v) is 6.69. The maximum atomic E-state index is 5.63. The lowest BCUT2D eigenvalue weighted by Crippen LogP contribution is -2.39. The maximum Gasteiger partial charge on any atom is 0.252 e. The summed E-state index contributed by atoms with van der Waals surface area (Å²) in [6.45, 7) is 2.09. The summed E-state index contributed by atoms with van der Waals surface area (Å²) in [4.78, 5) is 21.9. The van der Waals surface area contributed by atoms with E-state index in [9.17, 15) is 0 Å². The molecule has 142 valence electrons. The number of likely N-dealkylation sites (N-methyl/N-ethyl adjacent to an activating group) is 1. The van der Waals surface area contributed by atoms with Crippen molar-refractivity contribution in [3.8, 4) is 0 Å². The van der Waals surface area contributed by atoms with Crippen LogP contribution in [-0.2, 0) is 11.3 Å². The quantitative estimate of drug-likeness (QED) is 0.657. The van der Waals surface area contributed by atoms with E-state index in [1.165, 1.54) is 0 Å². The lowest BCUT2D eigenvalue weighted by molar-refractivity contribution is 0.0639. The molecule has 0 unspecified atom stereocenters. The zero-order chi connectivity index (χ0) is 18.8. The Balaban J connectivity index is 1.44. The van der Waals surface area contributed by atoms with Crippen molar-refractivity contribution < 1.29 is 4.74 Å². The summed E-state index contributed by atoms with van der Waals surface area (Å²) >= 11 is 0. The predicted molar refractivity (Wildman–Crippen MR) is 101 cm³/mol. The number of aromatic nitrogens is 6. The Labute approximate surface area is 157 Å². The third-order valence-electron chi connectivity index (χ3n) is 4.73. The van der Waals surface area contributed by atoms with Crippen LogP contribution in [0.25, 0.3) is 5.78 Å². The second-order valence-electron chi connectivity index (χ2n) is 6.69. The summed E-state index contributed by atoms with van der Waals surface area (Å²) < 4.78 is 7.28. The number of nitrogens with zero attached hydrogens (tertiary/aromatic N) is 8. The molecule has 0 bridgehead atoms. The number of ether oxygens (including phenoxy) is 1. The summed E-state index contributed by atoms with van der Waals surface area (Å²) in [7, 11) is 5.90. The lowest BCUT2D eigenvalue weighted by atomic mass is 10.2. The molecule has 0 amide bonds. The standard InChI is InChI=1S/C17H23N9O/c1-24(2)12-10-25(11-13(12)27-3)15-5-7-18-16(22-15)20-9-14-21-17-19-6-4-8-26(17)23-14/h4-8,12-13H,9-11H2,1-3H3,(H,18,20,22)/t12-,13+/m0/s1. The van der Waals surface area contributed by atoms with Crippen molar-refractivity contribution in [2.45, 2.75) is 18.7 Å². The molecule has 2 atom stereocenters. The molecule has 1 N–H and O–H groups in total. The van der Waals surface area contributed by atoms with Gasteiger partial charge in [-0.15, -0.1) is 5.10 Å². The normalized spacial score (nSPS) is 19.9. The third-order valence-corrected chi connectivity index (χ3v) is 4.73. The van der Waals surface area contributed by atoms with Crippen LogP contribution in [0.2, 0.25) is 0 Å². The van der Waals surface area contributed by atoms with Crippen LogP contribution < -0.4 is 10.2 Å². The molecule has 10 heteroatoms.